The molecule has 0 aliphatic heterocycles. The maximum atomic E-state index is 13.6. The average Bonchev–Trinajstić information content (AvgIpc) is 3.03. The predicted molar refractivity (Wildman–Crippen MR) is 169 cm³/mol. The molecule has 4 atom stereocenters. The summed E-state index contributed by atoms with van der Waals surface area (Å²) in [7, 11) is -1.58. The molecule has 232 valence electrons. The normalized spacial score (nSPS) is 13.7. The largest absolute Gasteiger partial charge is 0.481 e. The highest BCUT2D eigenvalue weighted by Crippen LogP contribution is 2.37. The monoisotopic (exact) mass is 620 g/mol. The molecule has 0 aliphatic rings. The number of carbonyl (C=O) groups excluding carboxylic acids is 3. The van der Waals surface area contributed by atoms with E-state index in [1.807, 2.05) is 13.8 Å². The van der Waals surface area contributed by atoms with Crippen molar-refractivity contribution < 1.29 is 34.0 Å². The van der Waals surface area contributed by atoms with Crippen LogP contribution in [-0.2, 0) is 20.6 Å². The number of nitrogens with one attached hydrogen (secondary N) is 2. The second-order valence-corrected chi connectivity index (χ2v) is 11.5. The zero-order valence-corrected chi connectivity index (χ0v) is 25.9. The lowest BCUT2D eigenvalue weighted by atomic mass is 9.87. The highest BCUT2D eigenvalue weighted by molar-refractivity contribution is 7.25. The van der Waals surface area contributed by atoms with Gasteiger partial charge in [0.15, 0.2) is 0 Å². The molecule has 0 heterocycles. The van der Waals surface area contributed by atoms with Gasteiger partial charge >= 0.3 is 14.4 Å². The molecule has 0 fully saturated rings. The van der Waals surface area contributed by atoms with Crippen molar-refractivity contribution in [3.8, 4) is 0 Å². The Bertz CT molecular complexity index is 1430. The number of hydrogen-bond acceptors (Lipinski definition) is 6. The first-order valence-electron chi connectivity index (χ1n) is 14.6. The number of aliphatic carboxylic acids is 1. The number of nitrogens with zero attached hydrogens (tertiary/aromatic N) is 1. The Morgan fingerprint density at radius 1 is 0.864 bits per heavy atom. The van der Waals surface area contributed by atoms with Crippen LogP contribution in [0.25, 0.3) is 0 Å². The number of benzene rings is 3. The van der Waals surface area contributed by atoms with Crippen molar-refractivity contribution in [3.63, 3.8) is 0 Å². The number of hydrogen-bond donors (Lipinski definition) is 4. The Kier molecular flexibility index (Phi) is 12.7. The van der Waals surface area contributed by atoms with Crippen molar-refractivity contribution in [1.82, 2.24) is 10.2 Å². The molecular formula is C33H39N3O7P+. The summed E-state index contributed by atoms with van der Waals surface area (Å²) < 4.78 is 12.8. The molecule has 0 bridgehead atoms. The lowest BCUT2D eigenvalue weighted by Crippen LogP contribution is -2.57. The summed E-state index contributed by atoms with van der Waals surface area (Å²) in [6, 6.07) is 21.8. The SMILES string of the molecule is CCCN(CCC)C(=O)c1cccc(C(=O)NC(Cc2ccccc2)C(O)([PH+]=O)C(CC(=O)O)C(=O)Nc2ccccc2)c1. The van der Waals surface area contributed by atoms with Gasteiger partial charge in [0.05, 0.1) is 6.42 Å². The van der Waals surface area contributed by atoms with Crippen LogP contribution in [0.1, 0.15) is 59.4 Å². The third-order valence-corrected chi connectivity index (χ3v) is 8.22. The first-order valence-corrected chi connectivity index (χ1v) is 15.5. The molecule has 44 heavy (non-hydrogen) atoms. The van der Waals surface area contributed by atoms with Crippen LogP contribution >= 0.6 is 8.46 Å². The third-order valence-electron chi connectivity index (χ3n) is 7.20. The van der Waals surface area contributed by atoms with E-state index >= 15 is 0 Å². The van der Waals surface area contributed by atoms with Crippen LogP contribution < -0.4 is 10.6 Å². The minimum atomic E-state index is -2.48. The molecule has 0 aromatic heterocycles. The van der Waals surface area contributed by atoms with Crippen molar-refractivity contribution >= 4 is 37.8 Å². The van der Waals surface area contributed by atoms with Crippen LogP contribution in [0.3, 0.4) is 0 Å². The van der Waals surface area contributed by atoms with Gasteiger partial charge in [0, 0.05) is 29.9 Å². The van der Waals surface area contributed by atoms with Gasteiger partial charge in [-0.05, 0) is 55.2 Å². The molecule has 4 N–H and O–H groups in total. The predicted octanol–water partition coefficient (Wildman–Crippen LogP) is 4.73. The van der Waals surface area contributed by atoms with Gasteiger partial charge in [-0.25, -0.2) is 0 Å². The smallest absolute Gasteiger partial charge is 0.362 e. The number of rotatable bonds is 16. The van der Waals surface area contributed by atoms with Gasteiger partial charge < -0.3 is 25.7 Å². The highest BCUT2D eigenvalue weighted by Gasteiger charge is 2.56. The van der Waals surface area contributed by atoms with Gasteiger partial charge in [-0.1, -0.05) is 73.0 Å². The van der Waals surface area contributed by atoms with E-state index in [-0.39, 0.29) is 17.9 Å². The first kappa shape index (κ1) is 34.1. The van der Waals surface area contributed by atoms with Crippen LogP contribution in [0.5, 0.6) is 0 Å². The summed E-state index contributed by atoms with van der Waals surface area (Å²) in [4.78, 5) is 53.9. The topological polar surface area (TPSA) is 153 Å². The van der Waals surface area contributed by atoms with E-state index in [0.29, 0.717) is 29.9 Å². The maximum Gasteiger partial charge on any atom is 0.362 e. The van der Waals surface area contributed by atoms with Gasteiger partial charge in [0.1, 0.15) is 12.0 Å². The second kappa shape index (κ2) is 16.4. The van der Waals surface area contributed by atoms with Crippen molar-refractivity contribution in [3.05, 3.63) is 102 Å². The molecule has 0 saturated heterocycles. The minimum absolute atomic E-state index is 0.0630. The lowest BCUT2D eigenvalue weighted by Gasteiger charge is -2.32. The Morgan fingerprint density at radius 3 is 2.02 bits per heavy atom. The summed E-state index contributed by atoms with van der Waals surface area (Å²) in [5.41, 5.74) is 1.42. The number of carboxylic acids is 1. The summed E-state index contributed by atoms with van der Waals surface area (Å²) in [5, 5.41) is 24.4. The molecule has 11 heteroatoms. The maximum absolute atomic E-state index is 13.6. The molecule has 0 radical (unpaired) electrons. The van der Waals surface area contributed by atoms with E-state index in [1.54, 1.807) is 77.7 Å². The quantitative estimate of drug-likeness (QED) is 0.169. The Morgan fingerprint density at radius 2 is 1.45 bits per heavy atom. The van der Waals surface area contributed by atoms with Gasteiger partial charge in [0.25, 0.3) is 17.2 Å². The van der Waals surface area contributed by atoms with Gasteiger partial charge in [-0.15, -0.1) is 0 Å². The number of aliphatic hydroxyl groups is 1. The van der Waals surface area contributed by atoms with Gasteiger partial charge in [-0.2, -0.15) is 0 Å². The van der Waals surface area contributed by atoms with Crippen LogP contribution in [0.2, 0.25) is 0 Å². The Hall–Kier alpha value is -4.40. The van der Waals surface area contributed by atoms with Crippen LogP contribution in [0, 0.1) is 5.92 Å². The first-order chi connectivity index (χ1) is 21.1. The fourth-order valence-corrected chi connectivity index (χ4v) is 5.69. The van der Waals surface area contributed by atoms with E-state index in [2.05, 4.69) is 10.6 Å². The summed E-state index contributed by atoms with van der Waals surface area (Å²) >= 11 is 0. The zero-order chi connectivity index (χ0) is 32.1. The molecule has 3 amide bonds. The highest BCUT2D eigenvalue weighted by atomic mass is 31.1. The summed E-state index contributed by atoms with van der Waals surface area (Å²) in [6.45, 7) is 5.08. The molecule has 4 unspecified atom stereocenters. The van der Waals surface area contributed by atoms with Crippen molar-refractivity contribution in [2.24, 2.45) is 5.92 Å². The van der Waals surface area contributed by atoms with Crippen LogP contribution in [0.4, 0.5) is 5.69 Å². The Labute approximate surface area is 258 Å². The van der Waals surface area contributed by atoms with E-state index in [4.69, 9.17) is 0 Å². The number of anilines is 1. The van der Waals surface area contributed by atoms with Crippen molar-refractivity contribution in [2.75, 3.05) is 18.4 Å². The van der Waals surface area contributed by atoms with Crippen LogP contribution in [0.15, 0.2) is 84.9 Å². The lowest BCUT2D eigenvalue weighted by molar-refractivity contribution is -0.143. The van der Waals surface area contributed by atoms with E-state index < -0.39 is 50.0 Å². The fourth-order valence-electron chi connectivity index (χ4n) is 5.00. The van der Waals surface area contributed by atoms with E-state index in [0.717, 1.165) is 12.8 Å². The van der Waals surface area contributed by atoms with E-state index in [9.17, 15) is 34.0 Å². The number of carbonyl (C=O) groups is 4. The Balaban J connectivity index is 2.00. The standard InChI is InChI=1S/C33H38N3O7P/c1-3-18-36(19-4-2)32(41)25-15-11-14-24(21-25)30(39)35-28(20-23-12-7-5-8-13-23)33(42,44-43)27(22-29(37)38)31(40)34-26-16-9-6-10-17-26/h5-17,21,27-28,42H,3-4,18-20,22H2,1-2H3,(H,34,40)(H,35,39)(H,37,38)/p+1. The zero-order valence-electron chi connectivity index (χ0n) is 24.9. The molecule has 10 nitrogen and oxygen atoms in total. The summed E-state index contributed by atoms with van der Waals surface area (Å²) in [6.07, 6.45) is 0.640. The molecule has 0 aliphatic carbocycles. The van der Waals surface area contributed by atoms with Gasteiger partial charge in [0.2, 0.25) is 5.91 Å². The minimum Gasteiger partial charge on any atom is -0.481 e. The average molecular weight is 621 g/mol. The van der Waals surface area contributed by atoms with E-state index in [1.165, 1.54) is 12.1 Å². The molecule has 3 rings (SSSR count). The molecule has 3 aromatic rings. The van der Waals surface area contributed by atoms with Gasteiger partial charge in [-0.3, -0.25) is 19.2 Å². The van der Waals surface area contributed by atoms with Crippen molar-refractivity contribution in [1.29, 1.82) is 0 Å². The number of amides is 3. The number of para-hydroxylation sites is 1. The second-order valence-electron chi connectivity index (χ2n) is 10.5. The van der Waals surface area contributed by atoms with Crippen LogP contribution in [-0.4, -0.2) is 63.3 Å². The van der Waals surface area contributed by atoms with Crippen molar-refractivity contribution in [2.45, 2.75) is 50.9 Å². The molecule has 3 aromatic carbocycles. The third kappa shape index (κ3) is 9.05. The molecule has 0 saturated carbocycles. The summed E-state index contributed by atoms with van der Waals surface area (Å²) in [5.74, 6) is -4.87. The number of carboxylic acid groups (broad SMARTS) is 1. The molecular weight excluding hydrogens is 581 g/mol. The molecule has 0 spiro atoms. The fraction of sp³-hybridized carbons (Fsp3) is 0.333.